The highest BCUT2D eigenvalue weighted by Crippen LogP contribution is 2.14. The van der Waals surface area contributed by atoms with Gasteiger partial charge >= 0.3 is 0 Å². The van der Waals surface area contributed by atoms with Crippen molar-refractivity contribution in [2.75, 3.05) is 20.1 Å². The minimum absolute atomic E-state index is 0.488. The van der Waals surface area contributed by atoms with Crippen LogP contribution < -0.4 is 10.6 Å². The summed E-state index contributed by atoms with van der Waals surface area (Å²) in [4.78, 5) is 6.93. The van der Waals surface area contributed by atoms with Crippen LogP contribution in [0.4, 0.5) is 0 Å². The Hall–Kier alpha value is -1.81. The molecule has 0 atom stereocenters. The maximum absolute atomic E-state index is 4.33. The zero-order chi connectivity index (χ0) is 17.3. The molecule has 2 N–H and O–H groups in total. The molecule has 0 aromatic heterocycles. The smallest absolute Gasteiger partial charge is 0.191 e. The van der Waals surface area contributed by atoms with E-state index in [0.29, 0.717) is 6.04 Å². The van der Waals surface area contributed by atoms with Gasteiger partial charge in [-0.1, -0.05) is 49.3 Å². The molecule has 0 spiro atoms. The van der Waals surface area contributed by atoms with Crippen LogP contribution in [0.25, 0.3) is 0 Å². The molecule has 4 nitrogen and oxygen atoms in total. The summed E-state index contributed by atoms with van der Waals surface area (Å²) in [5.74, 6) is 0.891. The van der Waals surface area contributed by atoms with Crippen LogP contribution in [0.15, 0.2) is 41.4 Å². The van der Waals surface area contributed by atoms with E-state index in [2.05, 4.69) is 56.9 Å². The van der Waals surface area contributed by atoms with Gasteiger partial charge < -0.3 is 10.6 Å². The van der Waals surface area contributed by atoms with Crippen LogP contribution in [-0.4, -0.2) is 37.0 Å². The molecule has 1 aromatic carbocycles. The molecule has 2 aliphatic rings. The zero-order valence-corrected chi connectivity index (χ0v) is 15.5. The van der Waals surface area contributed by atoms with E-state index in [-0.39, 0.29) is 0 Å². The summed E-state index contributed by atoms with van der Waals surface area (Å²) in [5.41, 5.74) is 2.72. The molecule has 4 heteroatoms. The molecule has 25 heavy (non-hydrogen) atoms. The second-order valence-electron chi connectivity index (χ2n) is 7.22. The van der Waals surface area contributed by atoms with E-state index < -0.39 is 0 Å². The van der Waals surface area contributed by atoms with Gasteiger partial charge in [0.1, 0.15) is 0 Å². The van der Waals surface area contributed by atoms with Crippen LogP contribution in [-0.2, 0) is 13.1 Å². The molecule has 1 aromatic rings. The van der Waals surface area contributed by atoms with Crippen molar-refractivity contribution in [3.05, 3.63) is 47.5 Å². The van der Waals surface area contributed by atoms with E-state index in [4.69, 9.17) is 0 Å². The van der Waals surface area contributed by atoms with Crippen molar-refractivity contribution >= 4 is 5.96 Å². The Morgan fingerprint density at radius 2 is 1.64 bits per heavy atom. The number of likely N-dealkylation sites (tertiary alicyclic amines) is 1. The normalized spacial score (nSPS) is 19.8. The van der Waals surface area contributed by atoms with Crippen LogP contribution in [0.3, 0.4) is 0 Å². The van der Waals surface area contributed by atoms with E-state index in [0.717, 1.165) is 31.9 Å². The summed E-state index contributed by atoms with van der Waals surface area (Å²) in [6.07, 6.45) is 12.1. The first-order valence-corrected chi connectivity index (χ1v) is 9.76. The summed E-state index contributed by atoms with van der Waals surface area (Å²) in [7, 11) is 1.84. The summed E-state index contributed by atoms with van der Waals surface area (Å²) >= 11 is 0. The fourth-order valence-electron chi connectivity index (χ4n) is 3.62. The monoisotopic (exact) mass is 340 g/mol. The Morgan fingerprint density at radius 1 is 1.00 bits per heavy atom. The van der Waals surface area contributed by atoms with Gasteiger partial charge in [-0.25, -0.2) is 0 Å². The van der Waals surface area contributed by atoms with Crippen LogP contribution in [0.2, 0.25) is 0 Å². The van der Waals surface area contributed by atoms with E-state index in [1.807, 2.05) is 7.05 Å². The van der Waals surface area contributed by atoms with Gasteiger partial charge in [-0.2, -0.15) is 0 Å². The third-order valence-corrected chi connectivity index (χ3v) is 5.16. The number of rotatable bonds is 5. The van der Waals surface area contributed by atoms with E-state index in [9.17, 15) is 0 Å². The van der Waals surface area contributed by atoms with Gasteiger partial charge in [0.25, 0.3) is 0 Å². The number of hydrogen-bond acceptors (Lipinski definition) is 2. The maximum Gasteiger partial charge on any atom is 0.191 e. The van der Waals surface area contributed by atoms with Crippen molar-refractivity contribution in [1.29, 1.82) is 0 Å². The first-order chi connectivity index (χ1) is 12.3. The van der Waals surface area contributed by atoms with Gasteiger partial charge in [-0.05, 0) is 49.9 Å². The van der Waals surface area contributed by atoms with Crippen molar-refractivity contribution in [3.8, 4) is 0 Å². The van der Waals surface area contributed by atoms with Gasteiger partial charge in [-0.3, -0.25) is 9.89 Å². The predicted molar refractivity (Wildman–Crippen MR) is 106 cm³/mol. The molecule has 3 rings (SSSR count). The van der Waals surface area contributed by atoms with E-state index in [1.54, 1.807) is 0 Å². The molecule has 0 saturated carbocycles. The van der Waals surface area contributed by atoms with Crippen LogP contribution in [0.1, 0.15) is 49.7 Å². The number of aliphatic imine (C=N–C) groups is 1. The Labute approximate surface area is 152 Å². The first-order valence-electron chi connectivity index (χ1n) is 9.76. The summed E-state index contributed by atoms with van der Waals surface area (Å²) in [6.45, 7) is 4.40. The number of hydrogen-bond donors (Lipinski definition) is 2. The van der Waals surface area contributed by atoms with Crippen molar-refractivity contribution in [1.82, 2.24) is 15.5 Å². The van der Waals surface area contributed by atoms with Gasteiger partial charge in [0, 0.05) is 26.2 Å². The second-order valence-corrected chi connectivity index (χ2v) is 7.22. The Balaban J connectivity index is 1.45. The molecule has 1 aliphatic carbocycles. The average molecular weight is 341 g/mol. The number of guanidine groups is 1. The van der Waals surface area contributed by atoms with Gasteiger partial charge in [0.05, 0.1) is 0 Å². The van der Waals surface area contributed by atoms with Crippen molar-refractivity contribution in [2.24, 2.45) is 4.99 Å². The lowest BCUT2D eigenvalue weighted by Crippen LogP contribution is -2.42. The fraction of sp³-hybridized carbons (Fsp3) is 0.571. The second kappa shape index (κ2) is 9.62. The molecule has 1 aliphatic heterocycles. The minimum atomic E-state index is 0.488. The molecule has 0 bridgehead atoms. The standard InChI is InChI=1S/C21H32N4/c1-22-21(24-20-8-4-5-9-20)23-16-18-10-12-19(13-11-18)17-25-14-6-2-3-7-15-25/h4-5,10-13,20H,2-3,6-9,14-17H2,1H3,(H2,22,23,24). The largest absolute Gasteiger partial charge is 0.353 e. The Kier molecular flexibility index (Phi) is 6.92. The molecule has 0 radical (unpaired) electrons. The number of nitrogens with zero attached hydrogens (tertiary/aromatic N) is 2. The molecule has 136 valence electrons. The van der Waals surface area contributed by atoms with Crippen LogP contribution in [0, 0.1) is 0 Å². The Bertz CT molecular complexity index is 560. The van der Waals surface area contributed by atoms with Crippen LogP contribution >= 0.6 is 0 Å². The molecule has 1 fully saturated rings. The van der Waals surface area contributed by atoms with Gasteiger partial charge in [0.15, 0.2) is 5.96 Å². The highest BCUT2D eigenvalue weighted by molar-refractivity contribution is 5.80. The quantitative estimate of drug-likeness (QED) is 0.490. The average Bonchev–Trinajstić information content (AvgIpc) is 3.02. The molecule has 1 saturated heterocycles. The third kappa shape index (κ3) is 5.89. The van der Waals surface area contributed by atoms with Gasteiger partial charge in [-0.15, -0.1) is 0 Å². The summed E-state index contributed by atoms with van der Waals surface area (Å²) < 4.78 is 0. The molecule has 1 heterocycles. The first kappa shape index (κ1) is 18.0. The van der Waals surface area contributed by atoms with Crippen molar-refractivity contribution < 1.29 is 0 Å². The molecule has 0 unspecified atom stereocenters. The van der Waals surface area contributed by atoms with Crippen LogP contribution in [0.5, 0.6) is 0 Å². The zero-order valence-electron chi connectivity index (χ0n) is 15.5. The highest BCUT2D eigenvalue weighted by Gasteiger charge is 2.12. The SMILES string of the molecule is CN=C(NCc1ccc(CN2CCCCCC2)cc1)NC1CC=CC1. The minimum Gasteiger partial charge on any atom is -0.353 e. The lowest BCUT2D eigenvalue weighted by molar-refractivity contribution is 0.277. The molecule has 0 amide bonds. The predicted octanol–water partition coefficient (Wildman–Crippen LogP) is 3.45. The molecular weight excluding hydrogens is 308 g/mol. The number of benzene rings is 1. The van der Waals surface area contributed by atoms with Crippen molar-refractivity contribution in [2.45, 2.75) is 57.7 Å². The summed E-state index contributed by atoms with van der Waals surface area (Å²) in [5, 5.41) is 6.90. The van der Waals surface area contributed by atoms with Crippen molar-refractivity contribution in [3.63, 3.8) is 0 Å². The summed E-state index contributed by atoms with van der Waals surface area (Å²) in [6, 6.07) is 9.52. The topological polar surface area (TPSA) is 39.7 Å². The maximum atomic E-state index is 4.33. The fourth-order valence-corrected chi connectivity index (χ4v) is 3.62. The lowest BCUT2D eigenvalue weighted by atomic mass is 10.1. The molecular formula is C21H32N4. The van der Waals surface area contributed by atoms with Gasteiger partial charge in [0.2, 0.25) is 0 Å². The third-order valence-electron chi connectivity index (χ3n) is 5.16. The van der Waals surface area contributed by atoms with E-state index >= 15 is 0 Å². The Morgan fingerprint density at radius 3 is 2.28 bits per heavy atom. The highest BCUT2D eigenvalue weighted by atomic mass is 15.2. The van der Waals surface area contributed by atoms with E-state index in [1.165, 1.54) is 49.9 Å². The number of nitrogens with one attached hydrogen (secondary N) is 2. The lowest BCUT2D eigenvalue weighted by Gasteiger charge is -2.20.